The van der Waals surface area contributed by atoms with Crippen LogP contribution in [0, 0.1) is 39.6 Å². The quantitative estimate of drug-likeness (QED) is 0.125. The summed E-state index contributed by atoms with van der Waals surface area (Å²) >= 11 is 0. The number of urea groups is 1. The van der Waals surface area contributed by atoms with Gasteiger partial charge in [-0.25, -0.2) is 4.79 Å². The summed E-state index contributed by atoms with van der Waals surface area (Å²) in [6.45, 7) is 0. The Bertz CT molecular complexity index is 1790. The zero-order chi connectivity index (χ0) is 34.9. The van der Waals surface area contributed by atoms with E-state index >= 15 is 0 Å². The first-order valence-electron chi connectivity index (χ1n) is 14.3. The topological polar surface area (TPSA) is 243 Å². The molecule has 6 atom stereocenters. The molecule has 3 aliphatic carbocycles. The number of rotatable bonds is 6. The molecule has 6 N–H and O–H groups in total. The average Bonchev–Trinajstić information content (AvgIpc) is 2.96. The van der Waals surface area contributed by atoms with E-state index in [4.69, 9.17) is 5.73 Å². The van der Waals surface area contributed by atoms with E-state index in [1.54, 1.807) is 19.0 Å². The molecular formula is C30H31FN6O10. The molecule has 2 aromatic carbocycles. The van der Waals surface area contributed by atoms with Gasteiger partial charge in [0.2, 0.25) is 11.7 Å². The average molecular weight is 655 g/mol. The van der Waals surface area contributed by atoms with Gasteiger partial charge in [0.25, 0.3) is 0 Å². The van der Waals surface area contributed by atoms with Crippen LogP contribution in [0.4, 0.5) is 31.9 Å². The van der Waals surface area contributed by atoms with Crippen LogP contribution in [-0.2, 0) is 25.6 Å². The van der Waals surface area contributed by atoms with Crippen LogP contribution in [0.3, 0.4) is 0 Å². The molecule has 17 heteroatoms. The van der Waals surface area contributed by atoms with Crippen molar-refractivity contribution in [3.63, 3.8) is 0 Å². The number of nitrogens with two attached hydrogens (primary N) is 1. The second-order valence-electron chi connectivity index (χ2n) is 12.3. The number of nitrogens with one attached hydrogen (secondary N) is 2. The summed E-state index contributed by atoms with van der Waals surface area (Å²) in [7, 11) is 6.22. The highest BCUT2D eigenvalue weighted by molar-refractivity contribution is 6.32. The van der Waals surface area contributed by atoms with Gasteiger partial charge in [-0.2, -0.15) is 4.39 Å². The van der Waals surface area contributed by atoms with Crippen LogP contribution < -0.4 is 21.3 Å². The number of nitrogens with zero attached hydrogens (tertiary/aromatic N) is 3. The fourth-order valence-corrected chi connectivity index (χ4v) is 7.16. The van der Waals surface area contributed by atoms with E-state index in [9.17, 15) is 53.5 Å². The largest absolute Gasteiger partial charge is 0.505 e. The number of Topliss-reactive ketones (excluding diaryl/α,β-unsaturated/α-hetero) is 4. The number of ketones is 4. The number of anilines is 3. The summed E-state index contributed by atoms with van der Waals surface area (Å²) in [6.07, 6.45) is -0.137. The second kappa shape index (κ2) is 11.5. The number of phenolic OH excluding ortho intramolecular Hbond substituents is 1. The third-order valence-electron chi connectivity index (χ3n) is 9.17. The van der Waals surface area contributed by atoms with Crippen molar-refractivity contribution in [2.75, 3.05) is 43.7 Å². The molecule has 0 spiro atoms. The molecule has 2 aromatic rings. The monoisotopic (exact) mass is 654 g/mol. The van der Waals surface area contributed by atoms with Crippen molar-refractivity contribution in [2.45, 2.75) is 24.5 Å². The van der Waals surface area contributed by atoms with Gasteiger partial charge in [0, 0.05) is 37.5 Å². The maximum atomic E-state index is 14.1. The van der Waals surface area contributed by atoms with E-state index in [0.29, 0.717) is 11.3 Å². The van der Waals surface area contributed by atoms with Gasteiger partial charge in [0.1, 0.15) is 5.75 Å². The maximum absolute atomic E-state index is 14.1. The first-order chi connectivity index (χ1) is 21.9. The van der Waals surface area contributed by atoms with E-state index in [2.05, 4.69) is 10.6 Å². The number of carbonyl (C=O) groups is 6. The number of aliphatic hydroxyl groups is 1. The fourth-order valence-electron chi connectivity index (χ4n) is 7.16. The Balaban J connectivity index is 1.55. The summed E-state index contributed by atoms with van der Waals surface area (Å²) in [5, 5.41) is 38.7. The molecule has 248 valence electrons. The van der Waals surface area contributed by atoms with E-state index in [1.807, 2.05) is 0 Å². The standard InChI is InChI=1S/C30H31FN6O10/c1-35(2)17-10-16(34-29(44)33-12-5-6-15(31)18(9-12)37(46)47)23(38)20-13(17)7-11-8-14-22(36(3)4)25(40)21(28(32)43)27(42)30(14,45)26(41)19(11)24(20)39/h5-6,9-11,14,19,21-22,38,45H,7-8H2,1-4H3,(H2,32,43)(H2,33,34,44)/t11-,14-,19?,21?,22-,30-/m0/s1. The summed E-state index contributed by atoms with van der Waals surface area (Å²) in [6, 6.07) is 1.73. The molecule has 5 rings (SSSR count). The van der Waals surface area contributed by atoms with Crippen molar-refractivity contribution < 1.29 is 48.3 Å². The zero-order valence-corrected chi connectivity index (χ0v) is 25.6. The maximum Gasteiger partial charge on any atom is 0.323 e. The Hall–Kier alpha value is -5.29. The molecule has 2 saturated carbocycles. The lowest BCUT2D eigenvalue weighted by Crippen LogP contribution is -2.74. The highest BCUT2D eigenvalue weighted by Crippen LogP contribution is 2.52. The van der Waals surface area contributed by atoms with Gasteiger partial charge < -0.3 is 31.5 Å². The van der Waals surface area contributed by atoms with Gasteiger partial charge in [-0.15, -0.1) is 0 Å². The molecule has 0 aromatic heterocycles. The molecule has 0 radical (unpaired) electrons. The Morgan fingerprint density at radius 2 is 1.74 bits per heavy atom. The number of fused-ring (bicyclic) bond motifs is 3. The van der Waals surface area contributed by atoms with Crippen molar-refractivity contribution in [3.05, 3.63) is 51.3 Å². The summed E-state index contributed by atoms with van der Waals surface area (Å²) in [4.78, 5) is 93.0. The van der Waals surface area contributed by atoms with Gasteiger partial charge in [-0.1, -0.05) is 0 Å². The fraction of sp³-hybridized carbons (Fsp3) is 0.400. The first-order valence-corrected chi connectivity index (χ1v) is 14.3. The number of amides is 3. The normalized spacial score (nSPS) is 26.7. The van der Waals surface area contributed by atoms with Crippen molar-refractivity contribution in [1.82, 2.24) is 4.90 Å². The lowest BCUT2D eigenvalue weighted by molar-refractivity contribution is -0.387. The van der Waals surface area contributed by atoms with Crippen LogP contribution in [0.5, 0.6) is 5.75 Å². The molecule has 0 bridgehead atoms. The molecule has 16 nitrogen and oxygen atoms in total. The van der Waals surface area contributed by atoms with Crippen molar-refractivity contribution in [1.29, 1.82) is 0 Å². The Morgan fingerprint density at radius 3 is 2.32 bits per heavy atom. The lowest BCUT2D eigenvalue weighted by atomic mass is 9.52. The minimum absolute atomic E-state index is 0.00136. The van der Waals surface area contributed by atoms with Crippen molar-refractivity contribution in [2.24, 2.45) is 29.4 Å². The number of halogens is 1. The lowest BCUT2D eigenvalue weighted by Gasteiger charge is -2.52. The predicted molar refractivity (Wildman–Crippen MR) is 161 cm³/mol. The van der Waals surface area contributed by atoms with E-state index in [0.717, 1.165) is 18.2 Å². The number of nitro groups is 1. The molecule has 0 heterocycles. The van der Waals surface area contributed by atoms with Crippen molar-refractivity contribution in [3.8, 4) is 5.75 Å². The van der Waals surface area contributed by atoms with Gasteiger partial charge in [-0.05, 0) is 56.6 Å². The third-order valence-corrected chi connectivity index (χ3v) is 9.17. The number of nitro benzene ring substituents is 1. The minimum atomic E-state index is -2.90. The third kappa shape index (κ3) is 5.07. The van der Waals surface area contributed by atoms with Crippen LogP contribution in [0.1, 0.15) is 22.3 Å². The van der Waals surface area contributed by atoms with Crippen LogP contribution in [0.15, 0.2) is 24.3 Å². The number of hydrogen-bond acceptors (Lipinski definition) is 12. The first kappa shape index (κ1) is 33.1. The molecule has 0 saturated heterocycles. The molecule has 2 unspecified atom stereocenters. The van der Waals surface area contributed by atoms with Crippen LogP contribution >= 0.6 is 0 Å². The van der Waals surface area contributed by atoms with Gasteiger partial charge in [0.05, 0.1) is 28.1 Å². The number of phenols is 1. The summed E-state index contributed by atoms with van der Waals surface area (Å²) in [5.74, 6) is -13.5. The van der Waals surface area contributed by atoms with Gasteiger partial charge in [-0.3, -0.25) is 39.0 Å². The summed E-state index contributed by atoms with van der Waals surface area (Å²) < 4.78 is 13.7. The second-order valence-corrected chi connectivity index (χ2v) is 12.3. The molecule has 3 amide bonds. The Morgan fingerprint density at radius 1 is 1.09 bits per heavy atom. The van der Waals surface area contributed by atoms with Crippen LogP contribution in [0.25, 0.3) is 0 Å². The Labute approximate surface area is 265 Å². The summed E-state index contributed by atoms with van der Waals surface area (Å²) in [5.41, 5.74) is 1.42. The number of aromatic hydroxyl groups is 1. The minimum Gasteiger partial charge on any atom is -0.505 e. The highest BCUT2D eigenvalue weighted by atomic mass is 19.1. The van der Waals surface area contributed by atoms with E-state index < -0.39 is 92.6 Å². The predicted octanol–water partition coefficient (Wildman–Crippen LogP) is 0.624. The number of carbonyl (C=O) groups excluding carboxylic acids is 6. The smallest absolute Gasteiger partial charge is 0.323 e. The number of benzene rings is 2. The Kier molecular flexibility index (Phi) is 8.10. The SMILES string of the molecule is CN(C)c1cc(NC(=O)Nc2ccc(F)c([N+](=O)[O-])c2)c(O)c2c1C[C@H]1C[C@H]3[C@H](N(C)C)C(=O)C(C(N)=O)C(=O)[C@@]3(O)C(=O)C1C2=O. The zero-order valence-electron chi connectivity index (χ0n) is 25.6. The number of likely N-dealkylation sites (N-methyl/N-ethyl adjacent to an activating group) is 1. The van der Waals surface area contributed by atoms with E-state index in [-0.39, 0.29) is 29.8 Å². The van der Waals surface area contributed by atoms with Crippen molar-refractivity contribution >= 4 is 57.8 Å². The van der Waals surface area contributed by atoms with E-state index in [1.165, 1.54) is 25.1 Å². The highest BCUT2D eigenvalue weighted by Gasteiger charge is 2.69. The molecular weight excluding hydrogens is 623 g/mol. The van der Waals surface area contributed by atoms with Gasteiger partial charge >= 0.3 is 11.7 Å². The molecule has 3 aliphatic rings. The number of hydrogen-bond donors (Lipinski definition) is 5. The van der Waals surface area contributed by atoms with Gasteiger partial charge in [0.15, 0.2) is 34.7 Å². The van der Waals surface area contributed by atoms with Crippen LogP contribution in [-0.4, -0.2) is 94.9 Å². The number of primary amides is 1. The van der Waals surface area contributed by atoms with Crippen LogP contribution in [0.2, 0.25) is 0 Å². The molecule has 47 heavy (non-hydrogen) atoms. The molecule has 2 fully saturated rings. The molecule has 0 aliphatic heterocycles.